The van der Waals surface area contributed by atoms with Crippen LogP contribution < -0.4 is 0 Å². The Morgan fingerprint density at radius 1 is 1.33 bits per heavy atom. The maximum absolute atomic E-state index is 11.8. The molecule has 6 nitrogen and oxygen atoms in total. The van der Waals surface area contributed by atoms with Crippen molar-refractivity contribution in [2.24, 2.45) is 0 Å². The van der Waals surface area contributed by atoms with Crippen molar-refractivity contribution in [1.29, 1.82) is 0 Å². The molecule has 1 saturated heterocycles. The topological polar surface area (TPSA) is 74.2 Å². The third-order valence-electron chi connectivity index (χ3n) is 3.12. The number of esters is 1. The summed E-state index contributed by atoms with van der Waals surface area (Å²) >= 11 is 0. The van der Waals surface area contributed by atoms with Crippen molar-refractivity contribution >= 4 is 5.97 Å². The molecule has 2 rings (SSSR count). The summed E-state index contributed by atoms with van der Waals surface area (Å²) in [7, 11) is 1.57. The van der Waals surface area contributed by atoms with Gasteiger partial charge in [0.15, 0.2) is 6.29 Å². The summed E-state index contributed by atoms with van der Waals surface area (Å²) in [5, 5.41) is 9.81. The lowest BCUT2D eigenvalue weighted by atomic mass is 10.2. The molecular formula is C15H20O6. The predicted molar refractivity (Wildman–Crippen MR) is 73.8 cm³/mol. The second-order valence-corrected chi connectivity index (χ2v) is 4.76. The molecule has 1 aliphatic rings. The average Bonchev–Trinajstić information content (AvgIpc) is 2.86. The van der Waals surface area contributed by atoms with Gasteiger partial charge in [-0.25, -0.2) is 4.79 Å². The van der Waals surface area contributed by atoms with E-state index in [0.29, 0.717) is 25.2 Å². The monoisotopic (exact) mass is 296 g/mol. The Morgan fingerprint density at radius 2 is 2.10 bits per heavy atom. The van der Waals surface area contributed by atoms with Crippen LogP contribution in [-0.2, 0) is 18.9 Å². The van der Waals surface area contributed by atoms with Crippen LogP contribution >= 0.6 is 0 Å². The average molecular weight is 296 g/mol. The van der Waals surface area contributed by atoms with E-state index in [1.807, 2.05) is 6.07 Å². The second-order valence-electron chi connectivity index (χ2n) is 4.76. The van der Waals surface area contributed by atoms with Crippen molar-refractivity contribution in [3.05, 3.63) is 35.9 Å². The zero-order valence-electron chi connectivity index (χ0n) is 11.9. The number of aliphatic hydroxyl groups is 1. The number of ether oxygens (including phenoxy) is 4. The van der Waals surface area contributed by atoms with Gasteiger partial charge >= 0.3 is 5.97 Å². The minimum atomic E-state index is -0.720. The number of rotatable bonds is 7. The Bertz CT molecular complexity index is 435. The minimum absolute atomic E-state index is 0.0922. The van der Waals surface area contributed by atoms with E-state index in [0.717, 1.165) is 0 Å². The van der Waals surface area contributed by atoms with Crippen molar-refractivity contribution in [3.63, 3.8) is 0 Å². The van der Waals surface area contributed by atoms with Crippen molar-refractivity contribution in [2.45, 2.75) is 24.9 Å². The quantitative estimate of drug-likeness (QED) is 0.597. The summed E-state index contributed by atoms with van der Waals surface area (Å²) in [5.74, 6) is -0.405. The molecule has 116 valence electrons. The molecule has 3 atom stereocenters. The van der Waals surface area contributed by atoms with E-state index < -0.39 is 18.4 Å². The predicted octanol–water partition coefficient (Wildman–Crippen LogP) is 0.982. The van der Waals surface area contributed by atoms with E-state index in [4.69, 9.17) is 18.9 Å². The Hall–Kier alpha value is -1.47. The maximum Gasteiger partial charge on any atom is 0.338 e. The Balaban J connectivity index is 1.73. The summed E-state index contributed by atoms with van der Waals surface area (Å²) in [6, 6.07) is 8.74. The van der Waals surface area contributed by atoms with Crippen molar-refractivity contribution in [1.82, 2.24) is 0 Å². The molecular weight excluding hydrogens is 276 g/mol. The molecule has 0 saturated carbocycles. The van der Waals surface area contributed by atoms with E-state index in [-0.39, 0.29) is 12.7 Å². The third-order valence-corrected chi connectivity index (χ3v) is 3.12. The first-order valence-corrected chi connectivity index (χ1v) is 6.87. The highest BCUT2D eigenvalue weighted by molar-refractivity contribution is 5.89. The van der Waals surface area contributed by atoms with Crippen LogP contribution in [0.5, 0.6) is 0 Å². The first kappa shape index (κ1) is 15.9. The molecule has 0 amide bonds. The zero-order chi connectivity index (χ0) is 15.1. The van der Waals surface area contributed by atoms with Gasteiger partial charge in [-0.3, -0.25) is 0 Å². The summed E-state index contributed by atoms with van der Waals surface area (Å²) in [4.78, 5) is 11.8. The van der Waals surface area contributed by atoms with Crippen LogP contribution in [0.15, 0.2) is 30.3 Å². The van der Waals surface area contributed by atoms with Gasteiger partial charge in [-0.15, -0.1) is 0 Å². The summed E-state index contributed by atoms with van der Waals surface area (Å²) in [5.41, 5.74) is 0.490. The lowest BCUT2D eigenvalue weighted by Gasteiger charge is -2.15. The Kier molecular flexibility index (Phi) is 6.13. The standard InChI is InChI=1S/C15H20O6/c1-18-7-8-19-15-13(16)9-12(21-15)10-20-14(17)11-5-3-2-4-6-11/h2-6,12-13,15-16H,7-10H2,1H3/t12-,13+,15-/m0/s1. The smallest absolute Gasteiger partial charge is 0.338 e. The van der Waals surface area contributed by atoms with Crippen LogP contribution in [0.3, 0.4) is 0 Å². The van der Waals surface area contributed by atoms with Gasteiger partial charge < -0.3 is 24.1 Å². The van der Waals surface area contributed by atoms with Crippen molar-refractivity contribution in [2.75, 3.05) is 26.9 Å². The Labute approximate surface area is 123 Å². The lowest BCUT2D eigenvalue weighted by molar-refractivity contribution is -0.174. The molecule has 6 heteroatoms. The van der Waals surface area contributed by atoms with Crippen molar-refractivity contribution in [3.8, 4) is 0 Å². The highest BCUT2D eigenvalue weighted by Crippen LogP contribution is 2.22. The lowest BCUT2D eigenvalue weighted by Crippen LogP contribution is -2.26. The molecule has 1 aliphatic heterocycles. The summed E-state index contributed by atoms with van der Waals surface area (Å²) in [6.07, 6.45) is -1.40. The van der Waals surface area contributed by atoms with E-state index in [1.54, 1.807) is 31.4 Å². The molecule has 0 aromatic heterocycles. The highest BCUT2D eigenvalue weighted by atomic mass is 16.7. The van der Waals surface area contributed by atoms with Crippen LogP contribution in [0.1, 0.15) is 16.8 Å². The fourth-order valence-corrected chi connectivity index (χ4v) is 2.05. The van der Waals surface area contributed by atoms with E-state index in [9.17, 15) is 9.90 Å². The molecule has 1 N–H and O–H groups in total. The molecule has 0 radical (unpaired) electrons. The number of aliphatic hydroxyl groups excluding tert-OH is 1. The van der Waals surface area contributed by atoms with Crippen molar-refractivity contribution < 1.29 is 28.8 Å². The molecule has 1 aromatic rings. The van der Waals surface area contributed by atoms with Crippen LogP contribution in [0.2, 0.25) is 0 Å². The van der Waals surface area contributed by atoms with E-state index in [2.05, 4.69) is 0 Å². The molecule has 1 aromatic carbocycles. The van der Waals surface area contributed by atoms with Gasteiger partial charge in [-0.2, -0.15) is 0 Å². The van der Waals surface area contributed by atoms with Gasteiger partial charge in [0.2, 0.25) is 0 Å². The molecule has 0 aliphatic carbocycles. The number of hydrogen-bond donors (Lipinski definition) is 1. The van der Waals surface area contributed by atoms with Gasteiger partial charge in [0.25, 0.3) is 0 Å². The Morgan fingerprint density at radius 3 is 2.81 bits per heavy atom. The number of carbonyl (C=O) groups is 1. The second kappa shape index (κ2) is 8.09. The summed E-state index contributed by atoms with van der Waals surface area (Å²) in [6.45, 7) is 0.865. The fourth-order valence-electron chi connectivity index (χ4n) is 2.05. The maximum atomic E-state index is 11.8. The fraction of sp³-hybridized carbons (Fsp3) is 0.533. The first-order chi connectivity index (χ1) is 10.2. The minimum Gasteiger partial charge on any atom is -0.459 e. The third kappa shape index (κ3) is 4.78. The van der Waals surface area contributed by atoms with Crippen LogP contribution in [0.25, 0.3) is 0 Å². The largest absolute Gasteiger partial charge is 0.459 e. The number of carbonyl (C=O) groups excluding carboxylic acids is 1. The number of methoxy groups -OCH3 is 1. The normalized spacial score (nSPS) is 25.0. The van der Waals surface area contributed by atoms with Gasteiger partial charge in [-0.05, 0) is 12.1 Å². The van der Waals surface area contributed by atoms with Crippen LogP contribution in [0, 0.1) is 0 Å². The number of hydrogen-bond acceptors (Lipinski definition) is 6. The zero-order valence-corrected chi connectivity index (χ0v) is 11.9. The molecule has 0 spiro atoms. The SMILES string of the molecule is COCCO[C@H]1O[C@H](COC(=O)c2ccccc2)C[C@H]1O. The van der Waals surface area contributed by atoms with Gasteiger partial charge in [-0.1, -0.05) is 18.2 Å². The summed E-state index contributed by atoms with van der Waals surface area (Å²) < 4.78 is 20.9. The highest BCUT2D eigenvalue weighted by Gasteiger charge is 2.35. The molecule has 0 unspecified atom stereocenters. The molecule has 1 fully saturated rings. The van der Waals surface area contributed by atoms with Crippen LogP contribution in [0.4, 0.5) is 0 Å². The molecule has 21 heavy (non-hydrogen) atoms. The first-order valence-electron chi connectivity index (χ1n) is 6.87. The van der Waals surface area contributed by atoms with Gasteiger partial charge in [0.05, 0.1) is 24.9 Å². The van der Waals surface area contributed by atoms with E-state index in [1.165, 1.54) is 0 Å². The van der Waals surface area contributed by atoms with Gasteiger partial charge in [0.1, 0.15) is 12.7 Å². The number of benzene rings is 1. The molecule has 1 heterocycles. The van der Waals surface area contributed by atoms with Crippen LogP contribution in [-0.4, -0.2) is 56.5 Å². The van der Waals surface area contributed by atoms with E-state index >= 15 is 0 Å². The van der Waals surface area contributed by atoms with Gasteiger partial charge in [0, 0.05) is 13.5 Å². The molecule has 0 bridgehead atoms.